The molecule has 0 unspecified atom stereocenters. The van der Waals surface area contributed by atoms with Crippen LogP contribution in [0, 0.1) is 0 Å². The second kappa shape index (κ2) is 4.65. The lowest BCUT2D eigenvalue weighted by atomic mass is 9.94. The molecule has 0 aliphatic rings. The Balaban J connectivity index is 3.19. The second-order valence-electron chi connectivity index (χ2n) is 4.36. The van der Waals surface area contributed by atoms with Crippen molar-refractivity contribution in [2.45, 2.75) is 26.2 Å². The van der Waals surface area contributed by atoms with E-state index in [9.17, 15) is 9.59 Å². The van der Waals surface area contributed by atoms with E-state index in [1.54, 1.807) is 0 Å². The fraction of sp³-hybridized carbons (Fsp3) is 0.455. The molecule has 0 saturated heterocycles. The Kier molecular flexibility index (Phi) is 3.70. The molecule has 5 heteroatoms. The first kappa shape index (κ1) is 12.7. The summed E-state index contributed by atoms with van der Waals surface area (Å²) in [6.07, 6.45) is 0.556. The predicted octanol–water partition coefficient (Wildman–Crippen LogP) is 2.40. The van der Waals surface area contributed by atoms with Gasteiger partial charge in [0.25, 0.3) is 0 Å². The SMILES string of the molecule is COC(=O)c1sc(C(C)(C)C)cc1NC=O. The highest BCUT2D eigenvalue weighted by Crippen LogP contribution is 2.35. The van der Waals surface area contributed by atoms with E-state index in [1.165, 1.54) is 18.4 Å². The number of carbonyl (C=O) groups is 2. The molecule has 0 aliphatic carbocycles. The molecule has 0 bridgehead atoms. The number of hydrogen-bond donors (Lipinski definition) is 1. The van der Waals surface area contributed by atoms with Crippen LogP contribution < -0.4 is 5.32 Å². The van der Waals surface area contributed by atoms with Gasteiger partial charge in [-0.05, 0) is 11.5 Å². The average molecular weight is 241 g/mol. The van der Waals surface area contributed by atoms with Crippen LogP contribution >= 0.6 is 11.3 Å². The van der Waals surface area contributed by atoms with E-state index in [4.69, 9.17) is 0 Å². The van der Waals surface area contributed by atoms with E-state index in [0.717, 1.165) is 4.88 Å². The Hall–Kier alpha value is -1.36. The van der Waals surface area contributed by atoms with E-state index in [1.807, 2.05) is 26.8 Å². The third-order valence-electron chi connectivity index (χ3n) is 2.06. The molecule has 0 saturated carbocycles. The fourth-order valence-corrected chi connectivity index (χ4v) is 2.27. The number of rotatable bonds is 3. The highest BCUT2D eigenvalue weighted by molar-refractivity contribution is 7.14. The predicted molar refractivity (Wildman–Crippen MR) is 64.0 cm³/mol. The van der Waals surface area contributed by atoms with Crippen molar-refractivity contribution in [3.63, 3.8) is 0 Å². The molecule has 0 aromatic carbocycles. The molecule has 0 spiro atoms. The summed E-state index contributed by atoms with van der Waals surface area (Å²) in [6, 6.07) is 1.81. The van der Waals surface area contributed by atoms with Crippen molar-refractivity contribution >= 4 is 29.4 Å². The van der Waals surface area contributed by atoms with Gasteiger partial charge in [0.05, 0.1) is 12.8 Å². The number of hydrogen-bond acceptors (Lipinski definition) is 4. The average Bonchev–Trinajstić information content (AvgIpc) is 2.61. The zero-order chi connectivity index (χ0) is 12.3. The number of esters is 1. The van der Waals surface area contributed by atoms with Gasteiger partial charge in [0.15, 0.2) is 0 Å². The molecule has 1 rings (SSSR count). The Morgan fingerprint density at radius 2 is 2.12 bits per heavy atom. The van der Waals surface area contributed by atoms with Crippen molar-refractivity contribution in [1.29, 1.82) is 0 Å². The maximum Gasteiger partial charge on any atom is 0.350 e. The van der Waals surface area contributed by atoms with Gasteiger partial charge in [-0.3, -0.25) is 4.79 Å². The smallest absolute Gasteiger partial charge is 0.350 e. The van der Waals surface area contributed by atoms with Crippen LogP contribution in [-0.4, -0.2) is 19.5 Å². The van der Waals surface area contributed by atoms with Crippen molar-refractivity contribution in [2.75, 3.05) is 12.4 Å². The van der Waals surface area contributed by atoms with Gasteiger partial charge in [-0.15, -0.1) is 11.3 Å². The summed E-state index contributed by atoms with van der Waals surface area (Å²) in [4.78, 5) is 23.4. The molecule has 1 aromatic heterocycles. The number of amides is 1. The second-order valence-corrected chi connectivity index (χ2v) is 5.41. The minimum Gasteiger partial charge on any atom is -0.465 e. The monoisotopic (exact) mass is 241 g/mol. The molecular formula is C11H15NO3S. The summed E-state index contributed by atoms with van der Waals surface area (Å²) in [5.41, 5.74) is 0.452. The van der Waals surface area contributed by atoms with Crippen LogP contribution in [0.15, 0.2) is 6.07 Å². The molecule has 0 radical (unpaired) electrons. The van der Waals surface area contributed by atoms with Gasteiger partial charge in [0.2, 0.25) is 6.41 Å². The van der Waals surface area contributed by atoms with Crippen LogP contribution in [0.1, 0.15) is 35.3 Å². The largest absolute Gasteiger partial charge is 0.465 e. The Bertz CT molecular complexity index is 404. The van der Waals surface area contributed by atoms with Crippen LogP contribution in [-0.2, 0) is 14.9 Å². The lowest BCUT2D eigenvalue weighted by molar-refractivity contribution is -0.105. The molecule has 0 aliphatic heterocycles. The molecule has 1 heterocycles. The first-order valence-corrected chi connectivity index (χ1v) is 5.64. The Morgan fingerprint density at radius 1 is 1.50 bits per heavy atom. The van der Waals surface area contributed by atoms with Gasteiger partial charge in [-0.1, -0.05) is 20.8 Å². The maximum atomic E-state index is 11.5. The number of methoxy groups -OCH3 is 1. The van der Waals surface area contributed by atoms with Gasteiger partial charge in [-0.25, -0.2) is 4.79 Å². The molecule has 0 fully saturated rings. The van der Waals surface area contributed by atoms with E-state index in [0.29, 0.717) is 17.0 Å². The summed E-state index contributed by atoms with van der Waals surface area (Å²) >= 11 is 1.34. The highest BCUT2D eigenvalue weighted by atomic mass is 32.1. The third kappa shape index (κ3) is 2.61. The number of nitrogens with one attached hydrogen (secondary N) is 1. The van der Waals surface area contributed by atoms with Crippen molar-refractivity contribution in [3.05, 3.63) is 15.8 Å². The zero-order valence-electron chi connectivity index (χ0n) is 9.79. The quantitative estimate of drug-likeness (QED) is 0.653. The molecule has 88 valence electrons. The minimum atomic E-state index is -0.426. The van der Waals surface area contributed by atoms with Crippen molar-refractivity contribution in [2.24, 2.45) is 0 Å². The molecule has 4 nitrogen and oxygen atoms in total. The first-order chi connectivity index (χ1) is 7.40. The Morgan fingerprint density at radius 3 is 2.56 bits per heavy atom. The van der Waals surface area contributed by atoms with Gasteiger partial charge in [-0.2, -0.15) is 0 Å². The molecule has 1 amide bonds. The number of anilines is 1. The van der Waals surface area contributed by atoms with Crippen LogP contribution in [0.5, 0.6) is 0 Å². The maximum absolute atomic E-state index is 11.5. The summed E-state index contributed by atoms with van der Waals surface area (Å²) in [5.74, 6) is -0.426. The molecule has 16 heavy (non-hydrogen) atoms. The summed E-state index contributed by atoms with van der Waals surface area (Å²) in [6.45, 7) is 6.14. The topological polar surface area (TPSA) is 55.4 Å². The van der Waals surface area contributed by atoms with Crippen LogP contribution in [0.3, 0.4) is 0 Å². The van der Waals surface area contributed by atoms with Crippen molar-refractivity contribution in [1.82, 2.24) is 0 Å². The van der Waals surface area contributed by atoms with Crippen molar-refractivity contribution in [3.8, 4) is 0 Å². The Labute approximate surface area is 98.6 Å². The van der Waals surface area contributed by atoms with Crippen LogP contribution in [0.4, 0.5) is 5.69 Å². The van der Waals surface area contributed by atoms with Crippen LogP contribution in [0.25, 0.3) is 0 Å². The first-order valence-electron chi connectivity index (χ1n) is 4.83. The van der Waals surface area contributed by atoms with Crippen molar-refractivity contribution < 1.29 is 14.3 Å². The minimum absolute atomic E-state index is 0.0593. The molecular weight excluding hydrogens is 226 g/mol. The lowest BCUT2D eigenvalue weighted by Gasteiger charge is -2.15. The molecule has 1 N–H and O–H groups in total. The summed E-state index contributed by atoms with van der Waals surface area (Å²) in [7, 11) is 1.32. The normalized spacial score (nSPS) is 11.0. The highest BCUT2D eigenvalue weighted by Gasteiger charge is 2.23. The molecule has 1 aromatic rings. The fourth-order valence-electron chi connectivity index (χ4n) is 1.18. The number of thiophene rings is 1. The van der Waals surface area contributed by atoms with Gasteiger partial charge < -0.3 is 10.1 Å². The summed E-state index contributed by atoms with van der Waals surface area (Å²) in [5, 5.41) is 2.51. The molecule has 0 atom stereocenters. The number of carbonyl (C=O) groups excluding carboxylic acids is 2. The van der Waals surface area contributed by atoms with E-state index < -0.39 is 5.97 Å². The van der Waals surface area contributed by atoms with Crippen LogP contribution in [0.2, 0.25) is 0 Å². The summed E-state index contributed by atoms with van der Waals surface area (Å²) < 4.78 is 4.66. The number of ether oxygens (including phenoxy) is 1. The van der Waals surface area contributed by atoms with Gasteiger partial charge >= 0.3 is 5.97 Å². The third-order valence-corrected chi connectivity index (χ3v) is 3.60. The lowest BCUT2D eigenvalue weighted by Crippen LogP contribution is -2.08. The zero-order valence-corrected chi connectivity index (χ0v) is 10.6. The van der Waals surface area contributed by atoms with E-state index in [-0.39, 0.29) is 5.41 Å². The van der Waals surface area contributed by atoms with Gasteiger partial charge in [0.1, 0.15) is 4.88 Å². The van der Waals surface area contributed by atoms with E-state index >= 15 is 0 Å². The van der Waals surface area contributed by atoms with Gasteiger partial charge in [0, 0.05) is 4.88 Å². The standard InChI is InChI=1S/C11H15NO3S/c1-11(2,3)8-5-7(12-6-13)9(16-8)10(14)15-4/h5-6H,1-4H3,(H,12,13). The van der Waals surface area contributed by atoms with E-state index in [2.05, 4.69) is 10.1 Å².